The zero-order chi connectivity index (χ0) is 21.6. The molecule has 30 heavy (non-hydrogen) atoms. The molecule has 0 saturated heterocycles. The van der Waals surface area contributed by atoms with E-state index in [0.717, 1.165) is 19.3 Å². The van der Waals surface area contributed by atoms with Crippen molar-refractivity contribution in [3.05, 3.63) is 34.6 Å². The number of pyridine rings is 1. The number of anilines is 1. The first-order valence-electron chi connectivity index (χ1n) is 11.8. The Balaban J connectivity index is 1.56. The molecule has 2 aromatic rings. The van der Waals surface area contributed by atoms with Crippen LogP contribution in [0.15, 0.2) is 29.1 Å². The summed E-state index contributed by atoms with van der Waals surface area (Å²) in [5.74, 6) is -0.401. The van der Waals surface area contributed by atoms with Crippen molar-refractivity contribution in [1.82, 2.24) is 4.98 Å². The number of para-hydroxylation sites is 1. The van der Waals surface area contributed by atoms with Gasteiger partial charge in [0.1, 0.15) is 5.69 Å². The Kier molecular flexibility index (Phi) is 11.1. The van der Waals surface area contributed by atoms with E-state index in [4.69, 9.17) is 0 Å². The van der Waals surface area contributed by atoms with E-state index in [1.165, 1.54) is 64.2 Å². The van der Waals surface area contributed by atoms with Crippen LogP contribution in [0.2, 0.25) is 0 Å². The number of aromatic nitrogens is 1. The molecular formula is C25H38N2O3. The third-order valence-electron chi connectivity index (χ3n) is 5.67. The van der Waals surface area contributed by atoms with Gasteiger partial charge in [-0.3, -0.25) is 9.59 Å². The van der Waals surface area contributed by atoms with E-state index >= 15 is 0 Å². The summed E-state index contributed by atoms with van der Waals surface area (Å²) >= 11 is 0. The molecule has 2 rings (SSSR count). The van der Waals surface area contributed by atoms with Gasteiger partial charge in [0.05, 0.1) is 5.52 Å². The molecule has 0 radical (unpaired) electrons. The highest BCUT2D eigenvalue weighted by molar-refractivity contribution is 5.97. The number of carbonyl (C=O) groups is 1. The van der Waals surface area contributed by atoms with Crippen LogP contribution >= 0.6 is 0 Å². The van der Waals surface area contributed by atoms with Crippen molar-refractivity contribution < 1.29 is 9.90 Å². The average Bonchev–Trinajstić information content (AvgIpc) is 2.74. The van der Waals surface area contributed by atoms with Gasteiger partial charge < -0.3 is 15.4 Å². The third kappa shape index (κ3) is 8.21. The van der Waals surface area contributed by atoms with Gasteiger partial charge in [0.15, 0.2) is 5.75 Å². The van der Waals surface area contributed by atoms with E-state index in [0.29, 0.717) is 17.3 Å². The summed E-state index contributed by atoms with van der Waals surface area (Å²) in [5.41, 5.74) is 0.00722. The SMILES string of the molecule is CCCCCCCCCCCCCCCC(=O)Nc1c(O)c2ccccc2[nH]c1=O. The number of benzene rings is 1. The largest absolute Gasteiger partial charge is 0.505 e. The van der Waals surface area contributed by atoms with Gasteiger partial charge in [-0.05, 0) is 18.6 Å². The molecule has 1 aromatic heterocycles. The Morgan fingerprint density at radius 2 is 1.40 bits per heavy atom. The number of hydrogen-bond donors (Lipinski definition) is 3. The first-order valence-corrected chi connectivity index (χ1v) is 11.8. The van der Waals surface area contributed by atoms with Gasteiger partial charge in [0.2, 0.25) is 5.91 Å². The Morgan fingerprint density at radius 3 is 2.00 bits per heavy atom. The van der Waals surface area contributed by atoms with Gasteiger partial charge in [0.25, 0.3) is 5.56 Å². The van der Waals surface area contributed by atoms with E-state index in [1.54, 1.807) is 24.3 Å². The molecule has 0 fully saturated rings. The summed E-state index contributed by atoms with van der Waals surface area (Å²) in [7, 11) is 0. The predicted molar refractivity (Wildman–Crippen MR) is 125 cm³/mol. The van der Waals surface area contributed by atoms with Crippen LogP contribution in [0.4, 0.5) is 5.69 Å². The van der Waals surface area contributed by atoms with Crippen molar-refractivity contribution in [1.29, 1.82) is 0 Å². The van der Waals surface area contributed by atoms with Crippen molar-refractivity contribution in [2.24, 2.45) is 0 Å². The molecule has 3 N–H and O–H groups in total. The second-order valence-corrected chi connectivity index (χ2v) is 8.26. The summed E-state index contributed by atoms with van der Waals surface area (Å²) < 4.78 is 0. The minimum Gasteiger partial charge on any atom is -0.505 e. The van der Waals surface area contributed by atoms with E-state index in [2.05, 4.69) is 17.2 Å². The molecule has 0 saturated carbocycles. The number of aromatic amines is 1. The second kappa shape index (κ2) is 13.8. The highest BCUT2D eigenvalue weighted by Crippen LogP contribution is 2.28. The highest BCUT2D eigenvalue weighted by Gasteiger charge is 2.14. The van der Waals surface area contributed by atoms with Crippen molar-refractivity contribution in [3.8, 4) is 5.75 Å². The Hall–Kier alpha value is -2.30. The molecule has 0 atom stereocenters. The van der Waals surface area contributed by atoms with Gasteiger partial charge in [-0.15, -0.1) is 0 Å². The fourth-order valence-electron chi connectivity index (χ4n) is 3.85. The predicted octanol–water partition coefficient (Wildman–Crippen LogP) is 6.65. The normalized spacial score (nSPS) is 11.1. The number of hydrogen-bond acceptors (Lipinski definition) is 3. The Morgan fingerprint density at radius 1 is 0.867 bits per heavy atom. The van der Waals surface area contributed by atoms with E-state index in [1.807, 2.05) is 0 Å². The maximum absolute atomic E-state index is 12.2. The average molecular weight is 415 g/mol. The van der Waals surface area contributed by atoms with Crippen molar-refractivity contribution in [3.63, 3.8) is 0 Å². The molecule has 1 heterocycles. The summed E-state index contributed by atoms with van der Waals surface area (Å²) in [5, 5.41) is 13.4. The van der Waals surface area contributed by atoms with Gasteiger partial charge in [0, 0.05) is 11.8 Å². The first kappa shape index (κ1) is 24.0. The number of aromatic hydroxyl groups is 1. The number of unbranched alkanes of at least 4 members (excludes halogenated alkanes) is 12. The quantitative estimate of drug-likeness (QED) is 0.285. The lowest BCUT2D eigenvalue weighted by Gasteiger charge is -2.09. The monoisotopic (exact) mass is 414 g/mol. The summed E-state index contributed by atoms with van der Waals surface area (Å²) in [6.45, 7) is 2.25. The number of carbonyl (C=O) groups excluding carboxylic acids is 1. The lowest BCUT2D eigenvalue weighted by atomic mass is 10.0. The first-order chi connectivity index (χ1) is 14.6. The van der Waals surface area contributed by atoms with Crippen LogP contribution in [-0.2, 0) is 4.79 Å². The third-order valence-corrected chi connectivity index (χ3v) is 5.67. The second-order valence-electron chi connectivity index (χ2n) is 8.26. The van der Waals surface area contributed by atoms with E-state index in [-0.39, 0.29) is 17.3 Å². The standard InChI is InChI=1S/C25H38N2O3/c1-2-3-4-5-6-7-8-9-10-11-12-13-14-19-22(28)27-23-24(29)20-17-15-16-18-21(20)26-25(23)30/h15-18H,2-14,19H2,1H3,(H,27,28)(H2,26,29,30). The molecule has 166 valence electrons. The number of H-pyrrole nitrogens is 1. The van der Waals surface area contributed by atoms with Gasteiger partial charge in [-0.25, -0.2) is 0 Å². The minimum atomic E-state index is -0.482. The smallest absolute Gasteiger partial charge is 0.276 e. The van der Waals surface area contributed by atoms with Gasteiger partial charge in [-0.2, -0.15) is 0 Å². The zero-order valence-corrected chi connectivity index (χ0v) is 18.5. The van der Waals surface area contributed by atoms with Crippen molar-refractivity contribution >= 4 is 22.5 Å². The summed E-state index contributed by atoms with van der Waals surface area (Å²) in [4.78, 5) is 27.0. The van der Waals surface area contributed by atoms with Crippen LogP contribution in [0.5, 0.6) is 5.75 Å². The van der Waals surface area contributed by atoms with Crippen molar-refractivity contribution in [2.75, 3.05) is 5.32 Å². The summed E-state index contributed by atoms with van der Waals surface area (Å²) in [6, 6.07) is 6.99. The lowest BCUT2D eigenvalue weighted by molar-refractivity contribution is -0.116. The van der Waals surface area contributed by atoms with Crippen molar-refractivity contribution in [2.45, 2.75) is 96.8 Å². The zero-order valence-electron chi connectivity index (χ0n) is 18.5. The van der Waals surface area contributed by atoms with Crippen LogP contribution in [0.3, 0.4) is 0 Å². The molecule has 0 bridgehead atoms. The molecule has 0 aliphatic heterocycles. The van der Waals surface area contributed by atoms with Crippen LogP contribution in [-0.4, -0.2) is 16.0 Å². The topological polar surface area (TPSA) is 82.2 Å². The lowest BCUT2D eigenvalue weighted by Crippen LogP contribution is -2.19. The van der Waals surface area contributed by atoms with Crippen LogP contribution in [0, 0.1) is 0 Å². The molecule has 1 amide bonds. The molecule has 0 aliphatic rings. The molecule has 5 nitrogen and oxygen atoms in total. The van der Waals surface area contributed by atoms with Gasteiger partial charge in [-0.1, -0.05) is 96.1 Å². The Labute approximate surface area is 180 Å². The number of nitrogens with one attached hydrogen (secondary N) is 2. The number of fused-ring (bicyclic) bond motifs is 1. The van der Waals surface area contributed by atoms with E-state index in [9.17, 15) is 14.7 Å². The molecule has 0 unspecified atom stereocenters. The highest BCUT2D eigenvalue weighted by atomic mass is 16.3. The molecular weight excluding hydrogens is 376 g/mol. The summed E-state index contributed by atoms with van der Waals surface area (Å²) in [6.07, 6.45) is 16.7. The molecule has 1 aromatic carbocycles. The fourth-order valence-corrected chi connectivity index (χ4v) is 3.85. The van der Waals surface area contributed by atoms with Crippen LogP contribution in [0.1, 0.15) is 96.8 Å². The fraction of sp³-hybridized carbons (Fsp3) is 0.600. The molecule has 5 heteroatoms. The van der Waals surface area contributed by atoms with Crippen LogP contribution in [0.25, 0.3) is 10.9 Å². The number of rotatable bonds is 15. The molecule has 0 spiro atoms. The molecule has 0 aliphatic carbocycles. The maximum atomic E-state index is 12.2. The maximum Gasteiger partial charge on any atom is 0.276 e. The minimum absolute atomic E-state index is 0.0617. The van der Waals surface area contributed by atoms with Gasteiger partial charge >= 0.3 is 0 Å². The Bertz CT molecular complexity index is 829. The van der Waals surface area contributed by atoms with Crippen LogP contribution < -0.4 is 10.9 Å². The van der Waals surface area contributed by atoms with E-state index < -0.39 is 5.56 Å². The number of amides is 1.